The van der Waals surface area contributed by atoms with Crippen LogP contribution >= 0.6 is 23.2 Å². The lowest BCUT2D eigenvalue weighted by Gasteiger charge is -2.31. The molecule has 0 aromatic heterocycles. The van der Waals surface area contributed by atoms with Gasteiger partial charge in [-0.3, -0.25) is 13.9 Å². The summed E-state index contributed by atoms with van der Waals surface area (Å²) < 4.78 is 31.5. The number of ether oxygens (including phenoxy) is 1. The Balaban J connectivity index is 2.24. The van der Waals surface area contributed by atoms with E-state index in [-0.39, 0.29) is 37.7 Å². The Morgan fingerprint density at radius 2 is 1.81 bits per heavy atom. The normalized spacial score (nSPS) is 12.1. The summed E-state index contributed by atoms with van der Waals surface area (Å²) in [6.45, 7) is 4.57. The van der Waals surface area contributed by atoms with Crippen molar-refractivity contribution >= 4 is 50.7 Å². The maximum Gasteiger partial charge on any atom is 0.242 e. The molecule has 0 aliphatic rings. The van der Waals surface area contributed by atoms with Crippen LogP contribution in [-0.4, -0.2) is 57.6 Å². The first-order chi connectivity index (χ1) is 17.5. The Morgan fingerprint density at radius 3 is 2.41 bits per heavy atom. The Morgan fingerprint density at radius 1 is 1.08 bits per heavy atom. The molecule has 11 heteroatoms. The predicted octanol–water partition coefficient (Wildman–Crippen LogP) is 4.88. The van der Waals surface area contributed by atoms with E-state index in [1.54, 1.807) is 42.5 Å². The van der Waals surface area contributed by atoms with Crippen molar-refractivity contribution in [2.24, 2.45) is 0 Å². The van der Waals surface area contributed by atoms with E-state index in [9.17, 15) is 18.0 Å². The molecule has 0 radical (unpaired) electrons. The van der Waals surface area contributed by atoms with E-state index in [4.69, 9.17) is 27.9 Å². The Labute approximate surface area is 229 Å². The fourth-order valence-corrected chi connectivity index (χ4v) is 5.17. The van der Waals surface area contributed by atoms with Crippen LogP contribution in [0.15, 0.2) is 42.5 Å². The third-order valence-electron chi connectivity index (χ3n) is 5.77. The molecule has 1 N–H and O–H groups in total. The highest BCUT2D eigenvalue weighted by molar-refractivity contribution is 7.92. The van der Waals surface area contributed by atoms with Gasteiger partial charge in [0.2, 0.25) is 21.8 Å². The zero-order valence-electron chi connectivity index (χ0n) is 21.7. The second kappa shape index (κ2) is 14.4. The molecule has 0 saturated heterocycles. The molecule has 2 aromatic rings. The van der Waals surface area contributed by atoms with Crippen molar-refractivity contribution in [3.8, 4) is 5.75 Å². The number of rotatable bonds is 14. The number of benzene rings is 2. The van der Waals surface area contributed by atoms with Gasteiger partial charge in [0.05, 0.1) is 29.1 Å². The van der Waals surface area contributed by atoms with Crippen LogP contribution in [0.25, 0.3) is 0 Å². The van der Waals surface area contributed by atoms with Gasteiger partial charge in [-0.15, -0.1) is 0 Å². The number of amides is 2. The zero-order valence-corrected chi connectivity index (χ0v) is 24.0. The highest BCUT2D eigenvalue weighted by Gasteiger charge is 2.29. The van der Waals surface area contributed by atoms with E-state index < -0.39 is 16.1 Å². The van der Waals surface area contributed by atoms with Crippen molar-refractivity contribution < 1.29 is 22.7 Å². The number of hydrogen-bond acceptors (Lipinski definition) is 5. The first-order valence-electron chi connectivity index (χ1n) is 12.1. The van der Waals surface area contributed by atoms with E-state index in [1.165, 1.54) is 16.3 Å². The van der Waals surface area contributed by atoms with Gasteiger partial charge in [0.15, 0.2) is 0 Å². The number of sulfonamides is 1. The average molecular weight is 573 g/mol. The number of hydrogen-bond donors (Lipinski definition) is 1. The number of anilines is 1. The van der Waals surface area contributed by atoms with Crippen LogP contribution in [0.1, 0.15) is 45.1 Å². The van der Waals surface area contributed by atoms with Crippen LogP contribution in [0.3, 0.4) is 0 Å². The second-order valence-corrected chi connectivity index (χ2v) is 11.3. The van der Waals surface area contributed by atoms with Crippen molar-refractivity contribution in [1.29, 1.82) is 0 Å². The number of carbonyl (C=O) groups excluding carboxylic acids is 2. The molecule has 0 heterocycles. The fourth-order valence-electron chi connectivity index (χ4n) is 3.89. The molecule has 37 heavy (non-hydrogen) atoms. The molecular weight excluding hydrogens is 537 g/mol. The summed E-state index contributed by atoms with van der Waals surface area (Å²) in [6.07, 6.45) is 2.62. The van der Waals surface area contributed by atoms with Crippen molar-refractivity contribution in [3.63, 3.8) is 0 Å². The SMILES string of the molecule is CCCNC(=O)C(CC)N(Cc1ccc(Cl)c(Cl)c1)C(=O)CCCN(c1cccc(OC)c1)S(C)(=O)=O. The fraction of sp³-hybridized carbons (Fsp3) is 0.462. The smallest absolute Gasteiger partial charge is 0.242 e. The summed E-state index contributed by atoms with van der Waals surface area (Å²) in [7, 11) is -2.10. The van der Waals surface area contributed by atoms with Crippen molar-refractivity contribution in [2.45, 2.75) is 52.1 Å². The number of methoxy groups -OCH3 is 1. The van der Waals surface area contributed by atoms with E-state index in [1.807, 2.05) is 13.8 Å². The van der Waals surface area contributed by atoms with Crippen LogP contribution in [0, 0.1) is 0 Å². The summed E-state index contributed by atoms with van der Waals surface area (Å²) in [5.41, 5.74) is 1.19. The second-order valence-electron chi connectivity index (χ2n) is 8.63. The zero-order chi connectivity index (χ0) is 27.6. The van der Waals surface area contributed by atoms with E-state index in [0.717, 1.165) is 18.2 Å². The topological polar surface area (TPSA) is 96.0 Å². The molecule has 0 fully saturated rings. The van der Waals surface area contributed by atoms with Crippen LogP contribution in [0.5, 0.6) is 5.75 Å². The number of carbonyl (C=O) groups is 2. The molecule has 1 unspecified atom stereocenters. The van der Waals surface area contributed by atoms with Gasteiger partial charge in [0.25, 0.3) is 0 Å². The minimum Gasteiger partial charge on any atom is -0.497 e. The van der Waals surface area contributed by atoms with Gasteiger partial charge in [-0.25, -0.2) is 8.42 Å². The molecule has 2 aromatic carbocycles. The summed E-state index contributed by atoms with van der Waals surface area (Å²) in [5.74, 6) is 0.0365. The Hall–Kier alpha value is -2.49. The quantitative estimate of drug-likeness (QED) is 0.348. The predicted molar refractivity (Wildman–Crippen MR) is 149 cm³/mol. The minimum atomic E-state index is -3.60. The van der Waals surface area contributed by atoms with Gasteiger partial charge in [-0.2, -0.15) is 0 Å². The molecule has 204 valence electrons. The lowest BCUT2D eigenvalue weighted by Crippen LogP contribution is -2.49. The Bertz CT molecular complexity index is 1180. The van der Waals surface area contributed by atoms with Gasteiger partial charge < -0.3 is 15.0 Å². The third-order valence-corrected chi connectivity index (χ3v) is 7.70. The lowest BCUT2D eigenvalue weighted by molar-refractivity contribution is -0.141. The van der Waals surface area contributed by atoms with Gasteiger partial charge in [-0.05, 0) is 49.1 Å². The van der Waals surface area contributed by atoms with Gasteiger partial charge >= 0.3 is 0 Å². The highest BCUT2D eigenvalue weighted by atomic mass is 35.5. The first kappa shape index (κ1) is 30.7. The minimum absolute atomic E-state index is 0.0505. The Kier molecular flexibility index (Phi) is 12.0. The number of nitrogens with zero attached hydrogens (tertiary/aromatic N) is 2. The monoisotopic (exact) mass is 571 g/mol. The van der Waals surface area contributed by atoms with Crippen LogP contribution in [-0.2, 0) is 26.2 Å². The van der Waals surface area contributed by atoms with Crippen molar-refractivity contribution in [2.75, 3.05) is 30.8 Å². The first-order valence-corrected chi connectivity index (χ1v) is 14.7. The largest absolute Gasteiger partial charge is 0.497 e. The maximum atomic E-state index is 13.4. The molecule has 0 bridgehead atoms. The van der Waals surface area contributed by atoms with Gasteiger partial charge in [0.1, 0.15) is 11.8 Å². The van der Waals surface area contributed by atoms with Crippen molar-refractivity contribution in [3.05, 3.63) is 58.1 Å². The van der Waals surface area contributed by atoms with Crippen LogP contribution in [0.2, 0.25) is 10.0 Å². The standard InChI is InChI=1S/C26H35Cl2N3O5S/c1-5-14-29-26(33)24(6-2)30(18-19-12-13-22(27)23(28)16-19)25(32)11-8-15-31(37(4,34)35)20-9-7-10-21(17-20)36-3/h7,9-10,12-13,16-17,24H,5-6,8,11,14-15,18H2,1-4H3,(H,29,33). The van der Waals surface area contributed by atoms with Crippen LogP contribution in [0.4, 0.5) is 5.69 Å². The third kappa shape index (κ3) is 9.09. The molecule has 8 nitrogen and oxygen atoms in total. The highest BCUT2D eigenvalue weighted by Crippen LogP contribution is 2.26. The molecular formula is C26H35Cl2N3O5S. The molecule has 0 aliphatic carbocycles. The van der Waals surface area contributed by atoms with Gasteiger partial charge in [0, 0.05) is 32.1 Å². The lowest BCUT2D eigenvalue weighted by atomic mass is 10.1. The van der Waals surface area contributed by atoms with E-state index in [0.29, 0.717) is 34.4 Å². The molecule has 1 atom stereocenters. The van der Waals surface area contributed by atoms with E-state index in [2.05, 4.69) is 5.32 Å². The molecule has 0 saturated carbocycles. The number of halogens is 2. The molecule has 2 amide bonds. The van der Waals surface area contributed by atoms with Crippen LogP contribution < -0.4 is 14.4 Å². The van der Waals surface area contributed by atoms with E-state index >= 15 is 0 Å². The summed E-state index contributed by atoms with van der Waals surface area (Å²) in [6, 6.07) is 11.1. The average Bonchev–Trinajstić information content (AvgIpc) is 2.86. The van der Waals surface area contributed by atoms with Gasteiger partial charge in [-0.1, -0.05) is 49.2 Å². The summed E-state index contributed by atoms with van der Waals surface area (Å²) >= 11 is 12.2. The molecule has 0 aliphatic heterocycles. The molecule has 0 spiro atoms. The maximum absolute atomic E-state index is 13.4. The van der Waals surface area contributed by atoms with Crippen molar-refractivity contribution in [1.82, 2.24) is 10.2 Å². The molecule has 2 rings (SSSR count). The summed E-state index contributed by atoms with van der Waals surface area (Å²) in [5, 5.41) is 3.63. The number of nitrogens with one attached hydrogen (secondary N) is 1. The summed E-state index contributed by atoms with van der Waals surface area (Å²) in [4.78, 5) is 27.9.